The van der Waals surface area contributed by atoms with Gasteiger partial charge in [-0.1, -0.05) is 98.3 Å². The van der Waals surface area contributed by atoms with Crippen molar-refractivity contribution in [2.45, 2.75) is 26.2 Å². The van der Waals surface area contributed by atoms with Crippen LogP contribution in [0.4, 0.5) is 0 Å². The minimum atomic E-state index is 0.107. The average molecular weight is 298 g/mol. The molecule has 23 heavy (non-hydrogen) atoms. The zero-order valence-corrected chi connectivity index (χ0v) is 13.8. The third-order valence-corrected chi connectivity index (χ3v) is 5.19. The van der Waals surface area contributed by atoms with E-state index in [1.165, 1.54) is 27.8 Å². The Morgan fingerprint density at radius 1 is 0.913 bits per heavy atom. The van der Waals surface area contributed by atoms with E-state index in [4.69, 9.17) is 0 Å². The van der Waals surface area contributed by atoms with Crippen molar-refractivity contribution in [2.24, 2.45) is 5.41 Å². The van der Waals surface area contributed by atoms with Gasteiger partial charge in [0.1, 0.15) is 0 Å². The van der Waals surface area contributed by atoms with Crippen LogP contribution in [0.2, 0.25) is 0 Å². The SMILES string of the molecule is CC(C)(C=CC1c2ccccc2-c2ccccc21)C1=CC=CC1. The van der Waals surface area contributed by atoms with Crippen LogP contribution in [0.15, 0.2) is 84.5 Å². The Labute approximate surface area is 138 Å². The molecule has 0 aromatic heterocycles. The molecule has 0 N–H and O–H groups in total. The Morgan fingerprint density at radius 3 is 2.09 bits per heavy atom. The first kappa shape index (κ1) is 14.3. The fraction of sp³-hybridized carbons (Fsp3) is 0.217. The Hall–Kier alpha value is -2.34. The fourth-order valence-corrected chi connectivity index (χ4v) is 3.77. The summed E-state index contributed by atoms with van der Waals surface area (Å²) in [7, 11) is 0. The maximum Gasteiger partial charge on any atom is 0.0282 e. The normalized spacial score (nSPS) is 16.7. The predicted molar refractivity (Wildman–Crippen MR) is 98.5 cm³/mol. The second-order valence-corrected chi connectivity index (χ2v) is 7.06. The second-order valence-electron chi connectivity index (χ2n) is 7.06. The third kappa shape index (κ3) is 2.39. The summed E-state index contributed by atoms with van der Waals surface area (Å²) in [4.78, 5) is 0. The molecule has 0 spiro atoms. The Bertz CT molecular complexity index is 785. The Balaban J connectivity index is 1.73. The summed E-state index contributed by atoms with van der Waals surface area (Å²) in [6, 6.07) is 17.6. The van der Waals surface area contributed by atoms with Crippen LogP contribution in [-0.2, 0) is 0 Å². The summed E-state index contributed by atoms with van der Waals surface area (Å²) in [6.45, 7) is 4.63. The molecule has 0 aliphatic heterocycles. The van der Waals surface area contributed by atoms with Crippen molar-refractivity contribution >= 4 is 0 Å². The van der Waals surface area contributed by atoms with Gasteiger partial charge in [-0.25, -0.2) is 0 Å². The van der Waals surface area contributed by atoms with Gasteiger partial charge in [0, 0.05) is 11.3 Å². The first-order valence-electron chi connectivity index (χ1n) is 8.40. The zero-order valence-electron chi connectivity index (χ0n) is 13.8. The zero-order chi connectivity index (χ0) is 15.9. The lowest BCUT2D eigenvalue weighted by molar-refractivity contribution is 0.567. The summed E-state index contributed by atoms with van der Waals surface area (Å²) < 4.78 is 0. The molecule has 0 saturated heterocycles. The Kier molecular flexibility index (Phi) is 3.34. The van der Waals surface area contributed by atoms with Gasteiger partial charge in [-0.3, -0.25) is 0 Å². The van der Waals surface area contributed by atoms with Crippen LogP contribution in [0.25, 0.3) is 11.1 Å². The van der Waals surface area contributed by atoms with Crippen molar-refractivity contribution in [3.05, 3.63) is 95.6 Å². The van der Waals surface area contributed by atoms with Crippen LogP contribution < -0.4 is 0 Å². The molecular formula is C23H22. The molecule has 0 atom stereocenters. The number of fused-ring (bicyclic) bond motifs is 3. The number of benzene rings is 2. The highest BCUT2D eigenvalue weighted by molar-refractivity contribution is 5.79. The van der Waals surface area contributed by atoms with Crippen LogP contribution >= 0.6 is 0 Å². The molecule has 2 aliphatic rings. The van der Waals surface area contributed by atoms with E-state index in [1.54, 1.807) is 0 Å². The van der Waals surface area contributed by atoms with Crippen LogP contribution in [-0.4, -0.2) is 0 Å². The lowest BCUT2D eigenvalue weighted by atomic mass is 9.81. The molecular weight excluding hydrogens is 276 g/mol. The van der Waals surface area contributed by atoms with E-state index in [0.29, 0.717) is 5.92 Å². The van der Waals surface area contributed by atoms with Gasteiger partial charge in [0.25, 0.3) is 0 Å². The van der Waals surface area contributed by atoms with E-state index in [-0.39, 0.29) is 5.41 Å². The highest BCUT2D eigenvalue weighted by Gasteiger charge is 2.27. The first-order chi connectivity index (χ1) is 11.2. The number of hydrogen-bond acceptors (Lipinski definition) is 0. The van der Waals surface area contributed by atoms with Gasteiger partial charge >= 0.3 is 0 Å². The molecule has 0 heteroatoms. The molecule has 0 bridgehead atoms. The molecule has 0 saturated carbocycles. The Morgan fingerprint density at radius 2 is 1.52 bits per heavy atom. The molecule has 0 unspecified atom stereocenters. The van der Waals surface area contributed by atoms with Crippen molar-refractivity contribution in [2.75, 3.05) is 0 Å². The molecule has 4 rings (SSSR count). The molecule has 0 nitrogen and oxygen atoms in total. The average Bonchev–Trinajstić information content (AvgIpc) is 3.20. The van der Waals surface area contributed by atoms with Crippen molar-refractivity contribution in [1.29, 1.82) is 0 Å². The number of allylic oxidation sites excluding steroid dienone is 6. The van der Waals surface area contributed by atoms with Gasteiger partial charge in [-0.2, -0.15) is 0 Å². The summed E-state index contributed by atoms with van der Waals surface area (Å²) in [5, 5.41) is 0. The first-order valence-corrected chi connectivity index (χ1v) is 8.40. The summed E-state index contributed by atoms with van der Waals surface area (Å²) >= 11 is 0. The van der Waals surface area contributed by atoms with Crippen LogP contribution in [0.5, 0.6) is 0 Å². The van der Waals surface area contributed by atoms with E-state index in [9.17, 15) is 0 Å². The van der Waals surface area contributed by atoms with Crippen molar-refractivity contribution < 1.29 is 0 Å². The van der Waals surface area contributed by atoms with Crippen molar-refractivity contribution in [1.82, 2.24) is 0 Å². The summed E-state index contributed by atoms with van der Waals surface area (Å²) in [5.74, 6) is 0.372. The van der Waals surface area contributed by atoms with Gasteiger partial charge in [0.2, 0.25) is 0 Å². The quantitative estimate of drug-likeness (QED) is 0.586. The minimum Gasteiger partial charge on any atom is -0.0804 e. The van der Waals surface area contributed by atoms with Gasteiger partial charge in [-0.15, -0.1) is 0 Å². The van der Waals surface area contributed by atoms with Gasteiger partial charge < -0.3 is 0 Å². The van der Waals surface area contributed by atoms with Gasteiger partial charge in [0.05, 0.1) is 0 Å². The van der Waals surface area contributed by atoms with Crippen molar-refractivity contribution in [3.8, 4) is 11.1 Å². The topological polar surface area (TPSA) is 0 Å². The molecule has 0 heterocycles. The standard InChI is InChI=1S/C23H22/c1-23(2,17-9-3-4-10-17)16-15-22-20-13-7-5-11-18(20)19-12-6-8-14-21(19)22/h3-9,11-16,22H,10H2,1-2H3. The smallest absolute Gasteiger partial charge is 0.0282 e. The van der Waals surface area contributed by atoms with E-state index in [2.05, 4.69) is 92.8 Å². The molecule has 2 aromatic rings. The molecule has 2 aliphatic carbocycles. The van der Waals surface area contributed by atoms with Crippen molar-refractivity contribution in [3.63, 3.8) is 0 Å². The largest absolute Gasteiger partial charge is 0.0804 e. The molecule has 2 aromatic carbocycles. The number of rotatable bonds is 3. The maximum atomic E-state index is 2.41. The molecule has 0 fully saturated rings. The van der Waals surface area contributed by atoms with E-state index in [1.807, 2.05) is 0 Å². The van der Waals surface area contributed by atoms with Crippen LogP contribution in [0.3, 0.4) is 0 Å². The van der Waals surface area contributed by atoms with E-state index in [0.717, 1.165) is 6.42 Å². The van der Waals surface area contributed by atoms with Gasteiger partial charge in [-0.05, 0) is 28.7 Å². The summed E-state index contributed by atoms with van der Waals surface area (Å²) in [6.07, 6.45) is 12.6. The van der Waals surface area contributed by atoms with Crippen LogP contribution in [0.1, 0.15) is 37.3 Å². The van der Waals surface area contributed by atoms with Crippen LogP contribution in [0, 0.1) is 5.41 Å². The number of hydrogen-bond donors (Lipinski definition) is 0. The van der Waals surface area contributed by atoms with Gasteiger partial charge in [0.15, 0.2) is 0 Å². The maximum absolute atomic E-state index is 2.41. The highest BCUT2D eigenvalue weighted by Crippen LogP contribution is 2.46. The lowest BCUT2D eigenvalue weighted by Crippen LogP contribution is -2.10. The molecule has 0 radical (unpaired) electrons. The monoisotopic (exact) mass is 298 g/mol. The van der Waals surface area contributed by atoms with E-state index < -0.39 is 0 Å². The van der Waals surface area contributed by atoms with E-state index >= 15 is 0 Å². The lowest BCUT2D eigenvalue weighted by Gasteiger charge is -2.23. The molecule has 114 valence electrons. The minimum absolute atomic E-state index is 0.107. The fourth-order valence-electron chi connectivity index (χ4n) is 3.77. The second kappa shape index (κ2) is 5.38. The highest BCUT2D eigenvalue weighted by atomic mass is 14.3. The third-order valence-electron chi connectivity index (χ3n) is 5.19. The molecule has 0 amide bonds. The predicted octanol–water partition coefficient (Wildman–Crippen LogP) is 6.27. The summed E-state index contributed by atoms with van der Waals surface area (Å²) in [5.41, 5.74) is 7.23.